The number of hydrogen-bond donors (Lipinski definition) is 2. The van der Waals surface area contributed by atoms with Gasteiger partial charge in [0.25, 0.3) is 0 Å². The van der Waals surface area contributed by atoms with E-state index in [1.165, 1.54) is 10.6 Å². The lowest BCUT2D eigenvalue weighted by Gasteiger charge is -2.35. The van der Waals surface area contributed by atoms with Gasteiger partial charge in [-0.15, -0.1) is 0 Å². The molecule has 0 unspecified atom stereocenters. The van der Waals surface area contributed by atoms with Crippen molar-refractivity contribution in [3.8, 4) is 0 Å². The van der Waals surface area contributed by atoms with Gasteiger partial charge in [-0.1, -0.05) is 0 Å². The Labute approximate surface area is 139 Å². The topological polar surface area (TPSA) is 81.8 Å². The van der Waals surface area contributed by atoms with Crippen molar-refractivity contribution in [1.82, 2.24) is 19.8 Å². The predicted octanol–water partition coefficient (Wildman–Crippen LogP) is 0.442. The highest BCUT2D eigenvalue weighted by atomic mass is 32.2. The molecule has 2 amide bonds. The molecule has 0 bridgehead atoms. The van der Waals surface area contributed by atoms with Crippen molar-refractivity contribution in [3.05, 3.63) is 0 Å². The predicted molar refractivity (Wildman–Crippen MR) is 90.8 cm³/mol. The lowest BCUT2D eigenvalue weighted by Crippen LogP contribution is -2.51. The zero-order valence-electron chi connectivity index (χ0n) is 14.3. The molecule has 2 saturated heterocycles. The third-order valence-electron chi connectivity index (χ3n) is 4.94. The van der Waals surface area contributed by atoms with E-state index in [4.69, 9.17) is 0 Å². The summed E-state index contributed by atoms with van der Waals surface area (Å²) in [5, 5.41) is 6.37. The van der Waals surface area contributed by atoms with Gasteiger partial charge in [0.2, 0.25) is 10.0 Å². The maximum Gasteiger partial charge on any atom is 0.317 e. The van der Waals surface area contributed by atoms with Crippen molar-refractivity contribution < 1.29 is 13.2 Å². The van der Waals surface area contributed by atoms with E-state index in [1.54, 1.807) is 0 Å². The molecular weight excluding hydrogens is 316 g/mol. The first-order chi connectivity index (χ1) is 10.9. The molecule has 0 spiro atoms. The Morgan fingerprint density at radius 2 is 1.83 bits per heavy atom. The second kappa shape index (κ2) is 8.30. The summed E-state index contributed by atoms with van der Waals surface area (Å²) in [5.41, 5.74) is 0. The quantitative estimate of drug-likeness (QED) is 0.757. The minimum absolute atomic E-state index is 0.0185. The molecule has 0 radical (unpaired) electrons. The molecular formula is C15H30N4O3S. The van der Waals surface area contributed by atoms with Crippen LogP contribution in [-0.2, 0) is 10.0 Å². The molecule has 0 aromatic carbocycles. The summed E-state index contributed by atoms with van der Waals surface area (Å²) in [6.45, 7) is 6.44. The van der Waals surface area contributed by atoms with Gasteiger partial charge in [-0.2, -0.15) is 0 Å². The SMILES string of the molecule is CCN(C(=O)NCC1CCN(S(C)(=O)=O)CC1)C1CCNCC1. The number of urea groups is 1. The van der Waals surface area contributed by atoms with Crippen LogP contribution in [0.4, 0.5) is 4.79 Å². The van der Waals surface area contributed by atoms with E-state index in [9.17, 15) is 13.2 Å². The normalized spacial score (nSPS) is 22.0. The average Bonchev–Trinajstić information content (AvgIpc) is 2.54. The van der Waals surface area contributed by atoms with Crippen LogP contribution < -0.4 is 10.6 Å². The van der Waals surface area contributed by atoms with Gasteiger partial charge in [-0.05, 0) is 51.6 Å². The van der Waals surface area contributed by atoms with E-state index in [-0.39, 0.29) is 6.03 Å². The van der Waals surface area contributed by atoms with Crippen LogP contribution >= 0.6 is 0 Å². The molecule has 2 heterocycles. The summed E-state index contributed by atoms with van der Waals surface area (Å²) in [5.74, 6) is 0.365. The van der Waals surface area contributed by atoms with Crippen molar-refractivity contribution in [1.29, 1.82) is 0 Å². The molecule has 2 aliphatic heterocycles. The van der Waals surface area contributed by atoms with E-state index in [0.717, 1.165) is 45.3 Å². The maximum absolute atomic E-state index is 12.4. The van der Waals surface area contributed by atoms with Crippen LogP contribution in [0.3, 0.4) is 0 Å². The third kappa shape index (κ3) is 5.32. The Bertz CT molecular complexity index is 483. The number of amides is 2. The summed E-state index contributed by atoms with van der Waals surface area (Å²) >= 11 is 0. The van der Waals surface area contributed by atoms with Crippen LogP contribution in [-0.4, -0.2) is 75.2 Å². The minimum atomic E-state index is -3.08. The second-order valence-electron chi connectivity index (χ2n) is 6.56. The van der Waals surface area contributed by atoms with Gasteiger partial charge in [0.05, 0.1) is 6.26 Å². The van der Waals surface area contributed by atoms with Crippen molar-refractivity contribution >= 4 is 16.1 Å². The number of nitrogens with one attached hydrogen (secondary N) is 2. The van der Waals surface area contributed by atoms with Crippen LogP contribution in [0.1, 0.15) is 32.6 Å². The summed E-state index contributed by atoms with van der Waals surface area (Å²) in [6, 6.07) is 0.346. The van der Waals surface area contributed by atoms with Gasteiger partial charge in [0.1, 0.15) is 0 Å². The number of carbonyl (C=O) groups excluding carboxylic acids is 1. The van der Waals surface area contributed by atoms with Gasteiger partial charge < -0.3 is 15.5 Å². The molecule has 2 N–H and O–H groups in total. The Balaban J connectivity index is 1.75. The summed E-state index contributed by atoms with van der Waals surface area (Å²) in [6.07, 6.45) is 4.90. The summed E-state index contributed by atoms with van der Waals surface area (Å²) in [4.78, 5) is 14.4. The smallest absolute Gasteiger partial charge is 0.317 e. The molecule has 2 fully saturated rings. The molecule has 0 aliphatic carbocycles. The fourth-order valence-electron chi connectivity index (χ4n) is 3.46. The number of sulfonamides is 1. The fraction of sp³-hybridized carbons (Fsp3) is 0.933. The number of carbonyl (C=O) groups is 1. The first-order valence-electron chi connectivity index (χ1n) is 8.62. The van der Waals surface area contributed by atoms with Gasteiger partial charge >= 0.3 is 6.03 Å². The Morgan fingerprint density at radius 1 is 1.22 bits per heavy atom. The highest BCUT2D eigenvalue weighted by molar-refractivity contribution is 7.88. The number of piperidine rings is 2. The van der Waals surface area contributed by atoms with E-state index >= 15 is 0 Å². The lowest BCUT2D eigenvalue weighted by atomic mass is 9.98. The Kier molecular flexibility index (Phi) is 6.67. The first-order valence-corrected chi connectivity index (χ1v) is 10.5. The van der Waals surface area contributed by atoms with Crippen molar-refractivity contribution in [2.75, 3.05) is 45.5 Å². The molecule has 0 aromatic heterocycles. The molecule has 2 rings (SSSR count). The van der Waals surface area contributed by atoms with Gasteiger partial charge in [-0.3, -0.25) is 0 Å². The minimum Gasteiger partial charge on any atom is -0.338 e. The van der Waals surface area contributed by atoms with Crippen LogP contribution in [0.5, 0.6) is 0 Å². The molecule has 0 aromatic rings. The molecule has 7 nitrogen and oxygen atoms in total. The van der Waals surface area contributed by atoms with E-state index in [2.05, 4.69) is 10.6 Å². The molecule has 8 heteroatoms. The molecule has 0 atom stereocenters. The standard InChI is InChI=1S/C15H30N4O3S/c1-3-19(14-4-8-16-9-5-14)15(20)17-12-13-6-10-18(11-7-13)23(2,21)22/h13-14,16H,3-12H2,1-2H3,(H,17,20). The van der Waals surface area contributed by atoms with Crippen LogP contribution in [0, 0.1) is 5.92 Å². The van der Waals surface area contributed by atoms with Crippen molar-refractivity contribution in [2.45, 2.75) is 38.6 Å². The number of nitrogens with zero attached hydrogens (tertiary/aromatic N) is 2. The molecule has 0 saturated carbocycles. The number of hydrogen-bond acceptors (Lipinski definition) is 4. The number of rotatable bonds is 5. The molecule has 23 heavy (non-hydrogen) atoms. The monoisotopic (exact) mass is 346 g/mol. The van der Waals surface area contributed by atoms with Gasteiger partial charge in [-0.25, -0.2) is 17.5 Å². The summed E-state index contributed by atoms with van der Waals surface area (Å²) < 4.78 is 24.5. The Hall–Kier alpha value is -0.860. The van der Waals surface area contributed by atoms with Crippen LogP contribution in [0.15, 0.2) is 0 Å². The van der Waals surface area contributed by atoms with E-state index in [0.29, 0.717) is 31.6 Å². The van der Waals surface area contributed by atoms with Crippen LogP contribution in [0.25, 0.3) is 0 Å². The van der Waals surface area contributed by atoms with Gasteiger partial charge in [0.15, 0.2) is 0 Å². The van der Waals surface area contributed by atoms with Crippen molar-refractivity contribution in [2.24, 2.45) is 5.92 Å². The third-order valence-corrected chi connectivity index (χ3v) is 6.24. The largest absolute Gasteiger partial charge is 0.338 e. The van der Waals surface area contributed by atoms with Gasteiger partial charge in [0, 0.05) is 32.2 Å². The fourth-order valence-corrected chi connectivity index (χ4v) is 4.34. The molecule has 134 valence electrons. The lowest BCUT2D eigenvalue weighted by molar-refractivity contribution is 0.159. The summed E-state index contributed by atoms with van der Waals surface area (Å²) in [7, 11) is -3.08. The highest BCUT2D eigenvalue weighted by Crippen LogP contribution is 2.19. The van der Waals surface area contributed by atoms with E-state index < -0.39 is 10.0 Å². The maximum atomic E-state index is 12.4. The zero-order valence-corrected chi connectivity index (χ0v) is 15.1. The second-order valence-corrected chi connectivity index (χ2v) is 8.54. The van der Waals surface area contributed by atoms with E-state index in [1.807, 2.05) is 11.8 Å². The Morgan fingerprint density at radius 3 is 2.35 bits per heavy atom. The van der Waals surface area contributed by atoms with Crippen molar-refractivity contribution in [3.63, 3.8) is 0 Å². The zero-order chi connectivity index (χ0) is 16.9. The highest BCUT2D eigenvalue weighted by Gasteiger charge is 2.27. The average molecular weight is 346 g/mol. The molecule has 2 aliphatic rings. The first kappa shape index (κ1) is 18.5. The van der Waals surface area contributed by atoms with Crippen LogP contribution in [0.2, 0.25) is 0 Å².